The summed E-state index contributed by atoms with van der Waals surface area (Å²) in [6.45, 7) is 5.68. The average Bonchev–Trinajstić information content (AvgIpc) is 3.53. The molecule has 0 bridgehead atoms. The molecule has 5 heterocycles. The van der Waals surface area contributed by atoms with Crippen molar-refractivity contribution in [2.45, 2.75) is 27.0 Å². The van der Waals surface area contributed by atoms with E-state index >= 15 is 0 Å². The summed E-state index contributed by atoms with van der Waals surface area (Å²) in [5.74, 6) is -0.0120. The van der Waals surface area contributed by atoms with Crippen LogP contribution in [-0.4, -0.2) is 46.2 Å². The van der Waals surface area contributed by atoms with E-state index in [1.54, 1.807) is 41.0 Å². The number of hydrogen-bond acceptors (Lipinski definition) is 7. The highest BCUT2D eigenvalue weighted by atomic mass is 19.1. The van der Waals surface area contributed by atoms with Gasteiger partial charge in [0.1, 0.15) is 34.9 Å². The Morgan fingerprint density at radius 1 is 0.976 bits per heavy atom. The number of nitrogens with zero attached hydrogens (tertiary/aromatic N) is 6. The number of hydrogen-bond donors (Lipinski definition) is 3. The standard InChI is InChI=1S/C30H27FN8O2/c1-30(2,3)29(41)35-22-16-19(13-14-32-22)28(40)34-23-17-39-25(33-23)12-11-21(37-39)27-26(18-7-9-20(31)10-8-18)36-24-6-4-5-15-38(24)27/h4-17,29,41H,1-3H3,(H,32,35)(H,34,40). The number of aromatic nitrogens is 6. The molecule has 11 heteroatoms. The molecule has 1 atom stereocenters. The van der Waals surface area contributed by atoms with Gasteiger partial charge in [0.2, 0.25) is 0 Å². The van der Waals surface area contributed by atoms with Crippen LogP contribution in [0.5, 0.6) is 0 Å². The van der Waals surface area contributed by atoms with Crippen LogP contribution in [0, 0.1) is 11.2 Å². The summed E-state index contributed by atoms with van der Waals surface area (Å²) >= 11 is 0. The summed E-state index contributed by atoms with van der Waals surface area (Å²) in [6.07, 6.45) is 4.18. The summed E-state index contributed by atoms with van der Waals surface area (Å²) in [5.41, 5.74) is 3.97. The van der Waals surface area contributed by atoms with Gasteiger partial charge in [-0.05, 0) is 60.7 Å². The SMILES string of the molecule is CC(C)(C)C(O)Nc1cc(C(=O)Nc2cn3nc(-c4c(-c5ccc(F)cc5)nc5ccccn45)ccc3n2)ccn1. The van der Waals surface area contributed by atoms with Crippen LogP contribution in [0.2, 0.25) is 0 Å². The number of rotatable bonds is 6. The molecule has 0 saturated heterocycles. The first-order valence-corrected chi connectivity index (χ1v) is 13.0. The maximum absolute atomic E-state index is 13.6. The molecule has 0 aliphatic rings. The van der Waals surface area contributed by atoms with Gasteiger partial charge in [-0.1, -0.05) is 26.8 Å². The van der Waals surface area contributed by atoms with Crippen molar-refractivity contribution in [3.8, 4) is 22.6 Å². The van der Waals surface area contributed by atoms with Gasteiger partial charge < -0.3 is 15.7 Å². The van der Waals surface area contributed by atoms with Crippen molar-refractivity contribution < 1.29 is 14.3 Å². The lowest BCUT2D eigenvalue weighted by Gasteiger charge is -2.26. The van der Waals surface area contributed by atoms with Gasteiger partial charge in [0.05, 0.1) is 11.9 Å². The molecule has 0 saturated carbocycles. The van der Waals surface area contributed by atoms with Gasteiger partial charge in [0.15, 0.2) is 11.5 Å². The zero-order chi connectivity index (χ0) is 28.7. The van der Waals surface area contributed by atoms with Gasteiger partial charge in [0, 0.05) is 28.9 Å². The third-order valence-corrected chi connectivity index (χ3v) is 6.58. The summed E-state index contributed by atoms with van der Waals surface area (Å²) < 4.78 is 17.1. The Bertz CT molecular complexity index is 1890. The minimum absolute atomic E-state index is 0.317. The number of aliphatic hydroxyl groups is 1. The first-order chi connectivity index (χ1) is 19.7. The highest BCUT2D eigenvalue weighted by molar-refractivity contribution is 6.04. The summed E-state index contributed by atoms with van der Waals surface area (Å²) in [7, 11) is 0. The van der Waals surface area contributed by atoms with Crippen LogP contribution in [0.3, 0.4) is 0 Å². The van der Waals surface area contributed by atoms with Crippen molar-refractivity contribution in [1.82, 2.24) is 29.0 Å². The molecule has 6 rings (SSSR count). The summed E-state index contributed by atoms with van der Waals surface area (Å²) in [4.78, 5) is 26.5. The molecule has 1 amide bonds. The average molecular weight is 551 g/mol. The van der Waals surface area contributed by atoms with E-state index in [9.17, 15) is 14.3 Å². The highest BCUT2D eigenvalue weighted by Gasteiger charge is 2.23. The maximum Gasteiger partial charge on any atom is 0.257 e. The Morgan fingerprint density at radius 3 is 2.56 bits per heavy atom. The molecule has 0 fully saturated rings. The number of fused-ring (bicyclic) bond motifs is 2. The predicted molar refractivity (Wildman–Crippen MR) is 154 cm³/mol. The quantitative estimate of drug-likeness (QED) is 0.241. The second-order valence-corrected chi connectivity index (χ2v) is 10.7. The molecular weight excluding hydrogens is 523 g/mol. The molecule has 0 radical (unpaired) electrons. The van der Waals surface area contributed by atoms with Crippen molar-refractivity contribution in [3.05, 3.63) is 96.7 Å². The molecule has 3 N–H and O–H groups in total. The third-order valence-electron chi connectivity index (χ3n) is 6.58. The van der Waals surface area contributed by atoms with Crippen molar-refractivity contribution in [3.63, 3.8) is 0 Å². The number of halogens is 1. The van der Waals surface area contributed by atoms with Crippen LogP contribution in [0.4, 0.5) is 16.0 Å². The van der Waals surface area contributed by atoms with Crippen molar-refractivity contribution in [2.24, 2.45) is 5.41 Å². The van der Waals surface area contributed by atoms with Gasteiger partial charge >= 0.3 is 0 Å². The van der Waals surface area contributed by atoms with E-state index in [0.29, 0.717) is 34.2 Å². The van der Waals surface area contributed by atoms with E-state index in [4.69, 9.17) is 10.1 Å². The Balaban J connectivity index is 1.30. The molecule has 1 unspecified atom stereocenters. The second kappa shape index (κ2) is 10.1. The first kappa shape index (κ1) is 26.1. The maximum atomic E-state index is 13.6. The smallest absolute Gasteiger partial charge is 0.257 e. The summed E-state index contributed by atoms with van der Waals surface area (Å²) in [6, 6.07) is 18.7. The molecule has 206 valence electrons. The third kappa shape index (κ3) is 5.22. The molecule has 41 heavy (non-hydrogen) atoms. The molecular formula is C30H27FN8O2. The fourth-order valence-electron chi connectivity index (χ4n) is 4.31. The normalized spacial score (nSPS) is 12.5. The van der Waals surface area contributed by atoms with Gasteiger partial charge in [-0.25, -0.2) is 23.9 Å². The van der Waals surface area contributed by atoms with E-state index in [0.717, 1.165) is 16.9 Å². The lowest BCUT2D eigenvalue weighted by atomic mass is 9.94. The van der Waals surface area contributed by atoms with Gasteiger partial charge in [-0.3, -0.25) is 9.20 Å². The van der Waals surface area contributed by atoms with E-state index in [-0.39, 0.29) is 11.7 Å². The fraction of sp³-hybridized carbons (Fsp3) is 0.167. The van der Waals surface area contributed by atoms with E-state index < -0.39 is 11.6 Å². The summed E-state index contributed by atoms with van der Waals surface area (Å²) in [5, 5.41) is 20.8. The number of pyridine rings is 2. The second-order valence-electron chi connectivity index (χ2n) is 10.7. The van der Waals surface area contributed by atoms with Crippen LogP contribution >= 0.6 is 0 Å². The largest absolute Gasteiger partial charge is 0.373 e. The molecule has 10 nitrogen and oxygen atoms in total. The monoisotopic (exact) mass is 550 g/mol. The lowest BCUT2D eigenvalue weighted by molar-refractivity contribution is 0.0876. The molecule has 1 aromatic carbocycles. The highest BCUT2D eigenvalue weighted by Crippen LogP contribution is 2.32. The van der Waals surface area contributed by atoms with Crippen LogP contribution in [0.1, 0.15) is 31.1 Å². The number of amides is 1. The Morgan fingerprint density at radius 2 is 1.78 bits per heavy atom. The molecule has 0 aliphatic heterocycles. The fourth-order valence-corrected chi connectivity index (χ4v) is 4.31. The molecule has 0 aliphatic carbocycles. The van der Waals surface area contributed by atoms with Crippen LogP contribution in [-0.2, 0) is 0 Å². The Kier molecular flexibility index (Phi) is 6.43. The van der Waals surface area contributed by atoms with Gasteiger partial charge in [0.25, 0.3) is 5.91 Å². The van der Waals surface area contributed by atoms with Crippen LogP contribution < -0.4 is 10.6 Å². The van der Waals surface area contributed by atoms with Crippen LogP contribution in [0.25, 0.3) is 33.9 Å². The molecule has 0 spiro atoms. The topological polar surface area (TPSA) is 122 Å². The van der Waals surface area contributed by atoms with E-state index in [1.165, 1.54) is 18.3 Å². The number of aliphatic hydroxyl groups excluding tert-OH is 1. The minimum Gasteiger partial charge on any atom is -0.373 e. The molecule has 5 aromatic heterocycles. The zero-order valence-corrected chi connectivity index (χ0v) is 22.6. The first-order valence-electron chi connectivity index (χ1n) is 13.0. The Labute approximate surface area is 234 Å². The number of nitrogens with one attached hydrogen (secondary N) is 2. The van der Waals surface area contributed by atoms with Crippen LogP contribution in [0.15, 0.2) is 85.3 Å². The lowest BCUT2D eigenvalue weighted by Crippen LogP contribution is -2.33. The zero-order valence-electron chi connectivity index (χ0n) is 22.6. The van der Waals surface area contributed by atoms with Crippen molar-refractivity contribution in [2.75, 3.05) is 10.6 Å². The molecule has 6 aromatic rings. The number of carbonyl (C=O) groups excluding carboxylic acids is 1. The minimum atomic E-state index is -0.844. The van der Waals surface area contributed by atoms with E-state index in [2.05, 4.69) is 20.6 Å². The number of benzene rings is 1. The number of anilines is 2. The van der Waals surface area contributed by atoms with Gasteiger partial charge in [-0.2, -0.15) is 5.10 Å². The van der Waals surface area contributed by atoms with E-state index in [1.807, 2.05) is 55.6 Å². The number of imidazole rings is 2. The van der Waals surface area contributed by atoms with Gasteiger partial charge in [-0.15, -0.1) is 0 Å². The number of carbonyl (C=O) groups is 1. The Hall–Kier alpha value is -5.16. The predicted octanol–water partition coefficient (Wildman–Crippen LogP) is 5.27. The van der Waals surface area contributed by atoms with Crippen molar-refractivity contribution in [1.29, 1.82) is 0 Å². The van der Waals surface area contributed by atoms with Crippen molar-refractivity contribution >= 4 is 28.8 Å².